The third-order valence-corrected chi connectivity index (χ3v) is 1.76. The van der Waals surface area contributed by atoms with E-state index in [9.17, 15) is 18.6 Å². The molecule has 0 unspecified atom stereocenters. The molecule has 0 saturated carbocycles. The Balaban J connectivity index is 0. The SMILES string of the molecule is C1=NC=NC1.C1=NC=NC1.C1=NC=NC1.C1=NC=NC1.[Cu+2].[F][Ti-2]([F])([F])([F])([F])[F]. The monoisotopic (exact) mass is 497 g/mol. The molecule has 1 radical (unpaired) electrons. The number of aliphatic imine (C=N–C) groups is 8. The molecule has 4 aliphatic rings. The number of nitrogens with zero attached hydrogens (tertiary/aromatic N) is 8. The maximum absolute atomic E-state index is 11.2. The first-order valence-corrected chi connectivity index (χ1v) is 10.7. The Hall–Kier alpha value is -1.83. The first-order chi connectivity index (χ1) is 12.4. The van der Waals surface area contributed by atoms with Gasteiger partial charge in [-0.2, -0.15) is 0 Å². The molecule has 0 aromatic carbocycles. The van der Waals surface area contributed by atoms with Gasteiger partial charge in [0.2, 0.25) is 0 Å². The second-order valence-electron chi connectivity index (χ2n) is 4.32. The molecular weight excluding hydrogens is 482 g/mol. The van der Waals surface area contributed by atoms with E-state index in [0.717, 1.165) is 26.2 Å². The Bertz CT molecular complexity index is 528. The van der Waals surface area contributed by atoms with Gasteiger partial charge >= 0.3 is 52.9 Å². The summed E-state index contributed by atoms with van der Waals surface area (Å²) in [4.78, 5) is 29.6. The van der Waals surface area contributed by atoms with Gasteiger partial charge in [0.05, 0.1) is 26.2 Å². The van der Waals surface area contributed by atoms with E-state index in [0.29, 0.717) is 0 Å². The van der Waals surface area contributed by atoms with Gasteiger partial charge in [-0.25, -0.2) is 20.0 Å². The predicted molar refractivity (Wildman–Crippen MR) is 94.1 cm³/mol. The molecular formula is C12H16CuF6N8Ti. The quantitative estimate of drug-likeness (QED) is 0.363. The van der Waals surface area contributed by atoms with Crippen molar-refractivity contribution >= 4 is 50.2 Å². The molecule has 0 amide bonds. The molecule has 0 spiro atoms. The van der Waals surface area contributed by atoms with E-state index in [2.05, 4.69) is 39.9 Å². The van der Waals surface area contributed by atoms with Gasteiger partial charge in [0.1, 0.15) is 25.4 Å². The number of rotatable bonds is 0. The summed E-state index contributed by atoms with van der Waals surface area (Å²) in [6, 6.07) is 0. The second kappa shape index (κ2) is 13.4. The average Bonchev–Trinajstić information content (AvgIpc) is 3.44. The zero-order valence-corrected chi connectivity index (χ0v) is 16.6. The van der Waals surface area contributed by atoms with E-state index in [1.54, 1.807) is 50.2 Å². The van der Waals surface area contributed by atoms with Crippen molar-refractivity contribution in [1.82, 2.24) is 0 Å². The fourth-order valence-corrected chi connectivity index (χ4v) is 0.943. The van der Waals surface area contributed by atoms with Crippen LogP contribution in [0.5, 0.6) is 0 Å². The van der Waals surface area contributed by atoms with Crippen LogP contribution < -0.4 is 0 Å². The zero-order valence-electron chi connectivity index (χ0n) is 14.1. The van der Waals surface area contributed by atoms with Gasteiger partial charge < -0.3 is 0 Å². The Morgan fingerprint density at radius 1 is 0.464 bits per heavy atom. The van der Waals surface area contributed by atoms with Crippen LogP contribution in [-0.2, 0) is 34.3 Å². The molecule has 4 rings (SSSR count). The molecule has 16 heteroatoms. The molecule has 8 nitrogen and oxygen atoms in total. The molecule has 161 valence electrons. The molecule has 4 aliphatic heterocycles. The molecule has 0 aliphatic carbocycles. The molecule has 0 fully saturated rings. The molecule has 0 N–H and O–H groups in total. The van der Waals surface area contributed by atoms with Crippen molar-refractivity contribution < 1.29 is 52.9 Å². The molecule has 0 aromatic rings. The number of hydrogen-bond donors (Lipinski definition) is 0. The summed E-state index contributed by atoms with van der Waals surface area (Å²) < 4.78 is 59.5. The number of halogens is 6. The predicted octanol–water partition coefficient (Wildman–Crippen LogP) is 2.91. The van der Waals surface area contributed by atoms with Crippen molar-refractivity contribution in [1.29, 1.82) is 0 Å². The summed E-state index contributed by atoms with van der Waals surface area (Å²) in [5, 5.41) is 0. The van der Waals surface area contributed by atoms with Crippen molar-refractivity contribution in [2.45, 2.75) is 0 Å². The molecule has 0 aromatic heterocycles. The van der Waals surface area contributed by atoms with Gasteiger partial charge in [-0.1, -0.05) is 0 Å². The van der Waals surface area contributed by atoms with Crippen LogP contribution in [0, 0.1) is 0 Å². The van der Waals surface area contributed by atoms with E-state index >= 15 is 0 Å². The van der Waals surface area contributed by atoms with Crippen LogP contribution in [0.25, 0.3) is 0 Å². The van der Waals surface area contributed by atoms with Gasteiger partial charge in [0, 0.05) is 24.9 Å². The van der Waals surface area contributed by atoms with Crippen molar-refractivity contribution in [2.24, 2.45) is 39.9 Å². The summed E-state index contributed by atoms with van der Waals surface area (Å²) in [7, 11) is 0. The van der Waals surface area contributed by atoms with E-state index in [4.69, 9.17) is 0 Å². The van der Waals surface area contributed by atoms with Gasteiger partial charge in [0.15, 0.2) is 0 Å². The fraction of sp³-hybridized carbons (Fsp3) is 0.333. The summed E-state index contributed by atoms with van der Waals surface area (Å²) in [6.45, 7) is 3.11. The van der Waals surface area contributed by atoms with Crippen LogP contribution >= 0.6 is 0 Å². The minimum absolute atomic E-state index is 0. The Kier molecular flexibility index (Phi) is 13.6. The van der Waals surface area contributed by atoms with Gasteiger partial charge in [-0.3, -0.25) is 20.0 Å². The van der Waals surface area contributed by atoms with Crippen LogP contribution in [0.4, 0.5) is 18.6 Å². The molecule has 4 heterocycles. The Labute approximate surface area is 169 Å². The van der Waals surface area contributed by atoms with Crippen LogP contribution in [0.1, 0.15) is 0 Å². The second-order valence-corrected chi connectivity index (χ2v) is 7.67. The topological polar surface area (TPSA) is 98.9 Å². The molecule has 0 atom stereocenters. The van der Waals surface area contributed by atoms with Gasteiger partial charge in [-0.15, -0.1) is 0 Å². The average molecular weight is 498 g/mol. The number of hydrogen-bond acceptors (Lipinski definition) is 8. The van der Waals surface area contributed by atoms with Gasteiger partial charge in [0.25, 0.3) is 0 Å². The van der Waals surface area contributed by atoms with Crippen LogP contribution in [0.2, 0.25) is 0 Å². The van der Waals surface area contributed by atoms with Crippen LogP contribution in [0.3, 0.4) is 0 Å². The fourth-order valence-electron chi connectivity index (χ4n) is 0.943. The van der Waals surface area contributed by atoms with Crippen LogP contribution in [0.15, 0.2) is 39.9 Å². The molecule has 0 saturated heterocycles. The summed E-state index contributed by atoms with van der Waals surface area (Å²) >= 11 is -11.2. The van der Waals surface area contributed by atoms with E-state index in [-0.39, 0.29) is 17.1 Å². The standard InChI is InChI=1S/4C3H4N2.Cu.6FH.Ti/c4*1-2-5-3-4-1;;;;;;;;/h4*1,3H,2H2;;6*1H;/q;;;;+2;;;;;;;+4/p-6. The Morgan fingerprint density at radius 3 is 0.679 bits per heavy atom. The van der Waals surface area contributed by atoms with Crippen LogP contribution in [-0.4, -0.2) is 76.4 Å². The van der Waals surface area contributed by atoms with E-state index < -0.39 is 17.2 Å². The van der Waals surface area contributed by atoms with Crippen molar-refractivity contribution in [3.63, 3.8) is 0 Å². The van der Waals surface area contributed by atoms with E-state index in [1.165, 1.54) is 0 Å². The summed E-state index contributed by atoms with van der Waals surface area (Å²) in [6.07, 6.45) is 13.3. The third-order valence-electron chi connectivity index (χ3n) is 1.76. The van der Waals surface area contributed by atoms with Crippen molar-refractivity contribution in [3.05, 3.63) is 0 Å². The first-order valence-electron chi connectivity index (χ1n) is 7.13. The molecule has 28 heavy (non-hydrogen) atoms. The molecule has 0 bridgehead atoms. The van der Waals surface area contributed by atoms with Gasteiger partial charge in [-0.05, 0) is 0 Å². The van der Waals surface area contributed by atoms with Crippen molar-refractivity contribution in [3.8, 4) is 0 Å². The summed E-state index contributed by atoms with van der Waals surface area (Å²) in [5.41, 5.74) is 0. The van der Waals surface area contributed by atoms with E-state index in [1.807, 2.05) is 0 Å². The minimum atomic E-state index is -11.2. The zero-order chi connectivity index (χ0) is 20.6. The summed E-state index contributed by atoms with van der Waals surface area (Å²) in [5.74, 6) is 0. The normalized spacial score (nSPS) is 18.4. The Morgan fingerprint density at radius 2 is 0.643 bits per heavy atom. The third kappa shape index (κ3) is 39.3. The van der Waals surface area contributed by atoms with Crippen molar-refractivity contribution in [2.75, 3.05) is 26.2 Å². The first kappa shape index (κ1) is 28.4. The maximum atomic E-state index is 9.92.